The van der Waals surface area contributed by atoms with Gasteiger partial charge in [-0.15, -0.1) is 0 Å². The summed E-state index contributed by atoms with van der Waals surface area (Å²) < 4.78 is 0. The van der Waals surface area contributed by atoms with Gasteiger partial charge in [-0.3, -0.25) is 0 Å². The number of rotatable bonds is 1. The molecule has 0 aromatic carbocycles. The molecule has 0 saturated carbocycles. The standard InChI is InChI=1S/C11H14N4/c1-11(2,3)6-8-7-14-9-10(15-8)13-5-4-12-9/h4-5,7H,6H2,1-3H3. The van der Waals surface area contributed by atoms with Crippen molar-refractivity contribution in [3.05, 3.63) is 24.3 Å². The van der Waals surface area contributed by atoms with Crippen LogP contribution < -0.4 is 0 Å². The molecule has 0 N–H and O–H groups in total. The first-order valence-electron chi connectivity index (χ1n) is 4.97. The number of hydrogen-bond donors (Lipinski definition) is 0. The summed E-state index contributed by atoms with van der Waals surface area (Å²) >= 11 is 0. The van der Waals surface area contributed by atoms with Crippen molar-refractivity contribution in [3.8, 4) is 0 Å². The lowest BCUT2D eigenvalue weighted by atomic mass is 9.91. The lowest BCUT2D eigenvalue weighted by Gasteiger charge is -2.16. The smallest absolute Gasteiger partial charge is 0.198 e. The molecule has 4 nitrogen and oxygen atoms in total. The van der Waals surface area contributed by atoms with E-state index in [0.29, 0.717) is 11.3 Å². The molecule has 0 bridgehead atoms. The zero-order valence-electron chi connectivity index (χ0n) is 9.23. The van der Waals surface area contributed by atoms with Crippen LogP contribution in [-0.4, -0.2) is 19.9 Å². The molecule has 0 amide bonds. The van der Waals surface area contributed by atoms with Crippen LogP contribution in [0, 0.1) is 5.41 Å². The Bertz CT molecular complexity index is 473. The summed E-state index contributed by atoms with van der Waals surface area (Å²) in [6.45, 7) is 6.53. The maximum Gasteiger partial charge on any atom is 0.198 e. The third-order valence-electron chi connectivity index (χ3n) is 1.96. The normalized spacial score (nSPS) is 11.9. The van der Waals surface area contributed by atoms with Gasteiger partial charge in [-0.2, -0.15) is 0 Å². The molecular formula is C11H14N4. The van der Waals surface area contributed by atoms with E-state index in [1.165, 1.54) is 0 Å². The molecule has 2 rings (SSSR count). The Hall–Kier alpha value is -1.58. The van der Waals surface area contributed by atoms with E-state index in [9.17, 15) is 0 Å². The van der Waals surface area contributed by atoms with Gasteiger partial charge in [0.2, 0.25) is 0 Å². The summed E-state index contributed by atoms with van der Waals surface area (Å²) in [5, 5.41) is 0. The van der Waals surface area contributed by atoms with E-state index >= 15 is 0 Å². The first-order chi connectivity index (χ1) is 7.04. The molecule has 0 aliphatic carbocycles. The predicted octanol–water partition coefficient (Wildman–Crippen LogP) is 2.01. The zero-order valence-corrected chi connectivity index (χ0v) is 9.23. The monoisotopic (exact) mass is 202 g/mol. The van der Waals surface area contributed by atoms with Crippen LogP contribution in [0.3, 0.4) is 0 Å². The highest BCUT2D eigenvalue weighted by Crippen LogP contribution is 2.19. The van der Waals surface area contributed by atoms with Crippen molar-refractivity contribution in [2.24, 2.45) is 5.41 Å². The van der Waals surface area contributed by atoms with Crippen LogP contribution in [-0.2, 0) is 6.42 Å². The van der Waals surface area contributed by atoms with Crippen LogP contribution >= 0.6 is 0 Å². The van der Waals surface area contributed by atoms with Gasteiger partial charge in [0.25, 0.3) is 0 Å². The average molecular weight is 202 g/mol. The van der Waals surface area contributed by atoms with E-state index in [2.05, 4.69) is 40.7 Å². The molecule has 78 valence electrons. The van der Waals surface area contributed by atoms with E-state index in [1.807, 2.05) is 0 Å². The SMILES string of the molecule is CC(C)(C)Cc1cnc2nccnc2n1. The van der Waals surface area contributed by atoms with E-state index in [0.717, 1.165) is 12.1 Å². The highest BCUT2D eigenvalue weighted by atomic mass is 15.0. The van der Waals surface area contributed by atoms with Gasteiger partial charge in [-0.25, -0.2) is 19.9 Å². The molecule has 0 unspecified atom stereocenters. The fraction of sp³-hybridized carbons (Fsp3) is 0.455. The van der Waals surface area contributed by atoms with Crippen molar-refractivity contribution in [2.45, 2.75) is 27.2 Å². The topological polar surface area (TPSA) is 51.6 Å². The third-order valence-corrected chi connectivity index (χ3v) is 1.96. The van der Waals surface area contributed by atoms with E-state index < -0.39 is 0 Å². The van der Waals surface area contributed by atoms with Gasteiger partial charge >= 0.3 is 0 Å². The highest BCUT2D eigenvalue weighted by molar-refractivity contribution is 5.63. The fourth-order valence-corrected chi connectivity index (χ4v) is 1.42. The Kier molecular flexibility index (Phi) is 2.34. The van der Waals surface area contributed by atoms with E-state index in [4.69, 9.17) is 0 Å². The average Bonchev–Trinajstić information content (AvgIpc) is 2.15. The highest BCUT2D eigenvalue weighted by Gasteiger charge is 2.13. The van der Waals surface area contributed by atoms with Crippen LogP contribution in [0.5, 0.6) is 0 Å². The van der Waals surface area contributed by atoms with Crippen LogP contribution in [0.15, 0.2) is 18.6 Å². The molecular weight excluding hydrogens is 188 g/mol. The minimum absolute atomic E-state index is 0.213. The summed E-state index contributed by atoms with van der Waals surface area (Å²) in [4.78, 5) is 16.9. The molecule has 4 heteroatoms. The molecule has 15 heavy (non-hydrogen) atoms. The lowest BCUT2D eigenvalue weighted by molar-refractivity contribution is 0.406. The third kappa shape index (κ3) is 2.46. The molecule has 0 spiro atoms. The first kappa shape index (κ1) is 9.96. The minimum Gasteiger partial charge on any atom is -0.232 e. The second kappa shape index (κ2) is 3.53. The van der Waals surface area contributed by atoms with Gasteiger partial charge in [-0.1, -0.05) is 20.8 Å². The van der Waals surface area contributed by atoms with Gasteiger partial charge in [0, 0.05) is 12.4 Å². The van der Waals surface area contributed by atoms with Crippen molar-refractivity contribution in [3.63, 3.8) is 0 Å². The number of aromatic nitrogens is 4. The number of nitrogens with zero attached hydrogens (tertiary/aromatic N) is 4. The van der Waals surface area contributed by atoms with E-state index in [1.54, 1.807) is 18.6 Å². The molecule has 0 aliphatic heterocycles. The maximum absolute atomic E-state index is 4.42. The Morgan fingerprint density at radius 3 is 2.33 bits per heavy atom. The van der Waals surface area contributed by atoms with Crippen molar-refractivity contribution in [1.29, 1.82) is 0 Å². The molecule has 2 aromatic heterocycles. The predicted molar refractivity (Wildman–Crippen MR) is 58.3 cm³/mol. The number of hydrogen-bond acceptors (Lipinski definition) is 4. The first-order valence-corrected chi connectivity index (χ1v) is 4.97. The van der Waals surface area contributed by atoms with Gasteiger partial charge in [0.1, 0.15) is 0 Å². The Labute approximate surface area is 88.8 Å². The van der Waals surface area contributed by atoms with E-state index in [-0.39, 0.29) is 5.41 Å². The summed E-state index contributed by atoms with van der Waals surface area (Å²) in [5.41, 5.74) is 2.41. The minimum atomic E-state index is 0.213. The van der Waals surface area contributed by atoms with Crippen molar-refractivity contribution in [2.75, 3.05) is 0 Å². The molecule has 0 aliphatic rings. The molecule has 2 heterocycles. The Morgan fingerprint density at radius 1 is 1.00 bits per heavy atom. The van der Waals surface area contributed by atoms with Crippen LogP contribution in [0.1, 0.15) is 26.5 Å². The van der Waals surface area contributed by atoms with Crippen LogP contribution in [0.2, 0.25) is 0 Å². The Balaban J connectivity index is 2.39. The second-order valence-corrected chi connectivity index (χ2v) is 4.80. The van der Waals surface area contributed by atoms with Crippen molar-refractivity contribution >= 4 is 11.3 Å². The summed E-state index contributed by atoms with van der Waals surface area (Å²) in [6.07, 6.45) is 5.94. The van der Waals surface area contributed by atoms with Crippen LogP contribution in [0.25, 0.3) is 11.3 Å². The molecule has 0 fully saturated rings. The fourth-order valence-electron chi connectivity index (χ4n) is 1.42. The molecule has 0 atom stereocenters. The second-order valence-electron chi connectivity index (χ2n) is 4.80. The van der Waals surface area contributed by atoms with Gasteiger partial charge in [0.15, 0.2) is 11.3 Å². The summed E-state index contributed by atoms with van der Waals surface area (Å²) in [6, 6.07) is 0. The van der Waals surface area contributed by atoms with Crippen LogP contribution in [0.4, 0.5) is 0 Å². The quantitative estimate of drug-likeness (QED) is 0.709. The van der Waals surface area contributed by atoms with Gasteiger partial charge < -0.3 is 0 Å². The molecule has 2 aromatic rings. The lowest BCUT2D eigenvalue weighted by Crippen LogP contribution is -2.11. The maximum atomic E-state index is 4.42. The summed E-state index contributed by atoms with van der Waals surface area (Å²) in [7, 11) is 0. The van der Waals surface area contributed by atoms with Gasteiger partial charge in [-0.05, 0) is 11.8 Å². The summed E-state index contributed by atoms with van der Waals surface area (Å²) in [5.74, 6) is 0. The number of fused-ring (bicyclic) bond motifs is 1. The largest absolute Gasteiger partial charge is 0.232 e. The zero-order chi connectivity index (χ0) is 10.9. The van der Waals surface area contributed by atoms with Crippen molar-refractivity contribution < 1.29 is 0 Å². The molecule has 0 saturated heterocycles. The Morgan fingerprint density at radius 2 is 1.67 bits per heavy atom. The molecule has 0 radical (unpaired) electrons. The van der Waals surface area contributed by atoms with Gasteiger partial charge in [0.05, 0.1) is 11.9 Å². The van der Waals surface area contributed by atoms with Crippen molar-refractivity contribution in [1.82, 2.24) is 19.9 Å².